The van der Waals surface area contributed by atoms with Gasteiger partial charge in [0.05, 0.1) is 12.1 Å². The van der Waals surface area contributed by atoms with Crippen LogP contribution < -0.4 is 5.32 Å². The molecule has 1 aliphatic rings. The predicted octanol–water partition coefficient (Wildman–Crippen LogP) is 2.20. The average Bonchev–Trinajstić information content (AvgIpc) is 3.01. The second-order valence-electron chi connectivity index (χ2n) is 4.77. The summed E-state index contributed by atoms with van der Waals surface area (Å²) in [6.07, 6.45) is 0.271. The molecular weight excluding hydrogens is 310 g/mol. The Kier molecular flexibility index (Phi) is 3.38. The van der Waals surface area contributed by atoms with Gasteiger partial charge in [0.1, 0.15) is 0 Å². The van der Waals surface area contributed by atoms with Crippen LogP contribution >= 0.6 is 15.9 Å². The van der Waals surface area contributed by atoms with E-state index in [0.29, 0.717) is 24.7 Å². The van der Waals surface area contributed by atoms with Crippen LogP contribution in [0.4, 0.5) is 0 Å². The van der Waals surface area contributed by atoms with Gasteiger partial charge in [-0.1, -0.05) is 33.2 Å². The van der Waals surface area contributed by atoms with E-state index in [1.54, 1.807) is 0 Å². The summed E-state index contributed by atoms with van der Waals surface area (Å²) in [5.74, 6) is 1.10. The smallest absolute Gasteiger partial charge is 0.244 e. The van der Waals surface area contributed by atoms with E-state index in [4.69, 9.17) is 4.52 Å². The molecule has 1 unspecified atom stereocenters. The summed E-state index contributed by atoms with van der Waals surface area (Å²) in [4.78, 5) is 4.40. The number of hydrogen-bond donors (Lipinski definition) is 2. The molecule has 2 heterocycles. The summed E-state index contributed by atoms with van der Waals surface area (Å²) in [6, 6.07) is 5.89. The first-order chi connectivity index (χ1) is 9.13. The third-order valence-electron chi connectivity index (χ3n) is 3.28. The molecule has 0 bridgehead atoms. The monoisotopic (exact) mass is 323 g/mol. The minimum absolute atomic E-state index is 0.0508. The molecule has 1 aliphatic heterocycles. The van der Waals surface area contributed by atoms with E-state index in [1.165, 1.54) is 0 Å². The van der Waals surface area contributed by atoms with E-state index in [9.17, 15) is 5.11 Å². The molecule has 0 spiro atoms. The molecule has 2 N–H and O–H groups in total. The van der Waals surface area contributed by atoms with Crippen molar-refractivity contribution in [1.29, 1.82) is 0 Å². The van der Waals surface area contributed by atoms with E-state index in [1.807, 2.05) is 25.1 Å². The van der Waals surface area contributed by atoms with Gasteiger partial charge in [0.25, 0.3) is 0 Å². The highest BCUT2D eigenvalue weighted by atomic mass is 79.9. The fraction of sp³-hybridized carbons (Fsp3) is 0.385. The van der Waals surface area contributed by atoms with Crippen molar-refractivity contribution in [2.75, 3.05) is 6.54 Å². The molecule has 3 rings (SSSR count). The van der Waals surface area contributed by atoms with Crippen molar-refractivity contribution < 1.29 is 9.63 Å². The van der Waals surface area contributed by atoms with Crippen LogP contribution in [0.2, 0.25) is 0 Å². The lowest BCUT2D eigenvalue weighted by Gasteiger charge is -2.02. The molecule has 1 saturated heterocycles. The second kappa shape index (κ2) is 5.03. The fourth-order valence-electron chi connectivity index (χ4n) is 2.13. The fourth-order valence-corrected chi connectivity index (χ4v) is 2.51. The molecule has 2 atom stereocenters. The molecule has 0 aliphatic carbocycles. The normalized spacial score (nSPS) is 22.9. The molecule has 6 heteroatoms. The van der Waals surface area contributed by atoms with Crippen LogP contribution in [0.3, 0.4) is 0 Å². The zero-order valence-corrected chi connectivity index (χ0v) is 12.0. The third kappa shape index (κ3) is 2.56. The van der Waals surface area contributed by atoms with Crippen molar-refractivity contribution in [2.45, 2.75) is 25.5 Å². The molecule has 2 aromatic rings. The van der Waals surface area contributed by atoms with Crippen molar-refractivity contribution in [3.8, 4) is 11.4 Å². The summed E-state index contributed by atoms with van der Waals surface area (Å²) in [5.41, 5.74) is 2.07. The lowest BCUT2D eigenvalue weighted by molar-refractivity contribution is 0.191. The largest absolute Gasteiger partial charge is 0.392 e. The minimum atomic E-state index is -0.339. The number of aliphatic hydroxyl groups is 1. The lowest BCUT2D eigenvalue weighted by atomic mass is 10.1. The van der Waals surface area contributed by atoms with E-state index in [0.717, 1.165) is 15.6 Å². The summed E-state index contributed by atoms with van der Waals surface area (Å²) in [7, 11) is 0. The van der Waals surface area contributed by atoms with Crippen molar-refractivity contribution in [3.63, 3.8) is 0 Å². The molecular formula is C13H14BrN3O2. The van der Waals surface area contributed by atoms with Crippen LogP contribution in [-0.2, 0) is 0 Å². The maximum absolute atomic E-state index is 9.49. The quantitative estimate of drug-likeness (QED) is 0.886. The van der Waals surface area contributed by atoms with Crippen LogP contribution in [0.25, 0.3) is 11.4 Å². The predicted molar refractivity (Wildman–Crippen MR) is 73.5 cm³/mol. The van der Waals surface area contributed by atoms with Crippen molar-refractivity contribution in [1.82, 2.24) is 15.5 Å². The summed E-state index contributed by atoms with van der Waals surface area (Å²) in [6.45, 7) is 2.60. The number of aliphatic hydroxyl groups excluding tert-OH is 1. The highest BCUT2D eigenvalue weighted by molar-refractivity contribution is 9.10. The number of β-amino-alcohol motifs (C(OH)–C–C–N with tert-alkyl or cyclic N) is 1. The number of aromatic nitrogens is 2. The second-order valence-corrected chi connectivity index (χ2v) is 5.62. The lowest BCUT2D eigenvalue weighted by Crippen LogP contribution is -2.15. The van der Waals surface area contributed by atoms with Crippen molar-refractivity contribution >= 4 is 15.9 Å². The van der Waals surface area contributed by atoms with Crippen LogP contribution in [0.15, 0.2) is 27.2 Å². The Morgan fingerprint density at radius 1 is 1.47 bits per heavy atom. The first kappa shape index (κ1) is 12.8. The number of benzene rings is 1. The maximum Gasteiger partial charge on any atom is 0.244 e. The highest BCUT2D eigenvalue weighted by Crippen LogP contribution is 2.27. The summed E-state index contributed by atoms with van der Waals surface area (Å²) < 4.78 is 6.29. The van der Waals surface area contributed by atoms with Gasteiger partial charge in [-0.15, -0.1) is 0 Å². The molecule has 0 radical (unpaired) electrons. The number of halogens is 1. The third-order valence-corrected chi connectivity index (χ3v) is 4.13. The number of hydrogen-bond acceptors (Lipinski definition) is 5. The Labute approximate surface area is 119 Å². The number of nitrogens with zero attached hydrogens (tertiary/aromatic N) is 2. The van der Waals surface area contributed by atoms with Crippen molar-refractivity contribution in [3.05, 3.63) is 34.1 Å². The zero-order valence-electron chi connectivity index (χ0n) is 10.4. The van der Waals surface area contributed by atoms with Crippen LogP contribution in [0.1, 0.15) is 23.9 Å². The number of aryl methyl sites for hydroxylation is 1. The molecule has 0 saturated carbocycles. The van der Waals surface area contributed by atoms with Crippen LogP contribution in [0.5, 0.6) is 0 Å². The average molecular weight is 324 g/mol. The zero-order chi connectivity index (χ0) is 13.4. The summed E-state index contributed by atoms with van der Waals surface area (Å²) >= 11 is 3.49. The molecule has 1 aromatic heterocycles. The van der Waals surface area contributed by atoms with Gasteiger partial charge in [0.2, 0.25) is 11.7 Å². The maximum atomic E-state index is 9.49. The van der Waals surface area contributed by atoms with Crippen LogP contribution in [-0.4, -0.2) is 27.9 Å². The Balaban J connectivity index is 1.86. The van der Waals surface area contributed by atoms with Gasteiger partial charge in [-0.3, -0.25) is 0 Å². The van der Waals surface area contributed by atoms with Gasteiger partial charge in [-0.05, 0) is 25.0 Å². The van der Waals surface area contributed by atoms with Crippen molar-refractivity contribution in [2.24, 2.45) is 0 Å². The molecule has 5 nitrogen and oxygen atoms in total. The van der Waals surface area contributed by atoms with Gasteiger partial charge >= 0.3 is 0 Å². The van der Waals surface area contributed by atoms with E-state index in [2.05, 4.69) is 31.4 Å². The number of nitrogens with one attached hydrogen (secondary N) is 1. The molecule has 1 fully saturated rings. The Morgan fingerprint density at radius 2 is 2.32 bits per heavy atom. The SMILES string of the molecule is Cc1ccc(-c2noc([C@@H]3CC(O)CN3)n2)cc1Br. The summed E-state index contributed by atoms with van der Waals surface area (Å²) in [5, 5.41) is 16.6. The molecule has 1 aromatic carbocycles. The number of rotatable bonds is 2. The first-order valence-electron chi connectivity index (χ1n) is 6.15. The standard InChI is InChI=1S/C13H14BrN3O2/c1-7-2-3-8(4-10(7)14)12-16-13(19-17-12)11-5-9(18)6-15-11/h2-4,9,11,15,18H,5-6H2,1H3/t9?,11-/m0/s1. The first-order valence-corrected chi connectivity index (χ1v) is 6.94. The highest BCUT2D eigenvalue weighted by Gasteiger charge is 2.28. The molecule has 0 amide bonds. The van der Waals surface area contributed by atoms with Gasteiger partial charge in [-0.25, -0.2) is 0 Å². The van der Waals surface area contributed by atoms with Gasteiger partial charge in [-0.2, -0.15) is 4.98 Å². The molecule has 100 valence electrons. The Bertz CT molecular complexity index is 599. The van der Waals surface area contributed by atoms with E-state index >= 15 is 0 Å². The van der Waals surface area contributed by atoms with Gasteiger partial charge in [0.15, 0.2) is 0 Å². The topological polar surface area (TPSA) is 71.2 Å². The van der Waals surface area contributed by atoms with Gasteiger partial charge < -0.3 is 14.9 Å². The Morgan fingerprint density at radius 3 is 3.00 bits per heavy atom. The Hall–Kier alpha value is -1.24. The van der Waals surface area contributed by atoms with Gasteiger partial charge in [0, 0.05) is 16.6 Å². The van der Waals surface area contributed by atoms with E-state index in [-0.39, 0.29) is 12.1 Å². The van der Waals surface area contributed by atoms with E-state index < -0.39 is 0 Å². The minimum Gasteiger partial charge on any atom is -0.392 e. The molecule has 19 heavy (non-hydrogen) atoms. The van der Waals surface area contributed by atoms with Crippen LogP contribution in [0, 0.1) is 6.92 Å².